The van der Waals surface area contributed by atoms with Crippen molar-refractivity contribution >= 4 is 32.8 Å². The summed E-state index contributed by atoms with van der Waals surface area (Å²) in [6, 6.07) is 17.3. The van der Waals surface area contributed by atoms with E-state index in [1.54, 1.807) is 6.07 Å². The number of rotatable bonds is 14. The van der Waals surface area contributed by atoms with E-state index in [4.69, 9.17) is 9.72 Å². The molecule has 1 unspecified atom stereocenters. The summed E-state index contributed by atoms with van der Waals surface area (Å²) in [4.78, 5) is 25.1. The van der Waals surface area contributed by atoms with Crippen molar-refractivity contribution in [2.24, 2.45) is 5.41 Å². The molecule has 1 fully saturated rings. The van der Waals surface area contributed by atoms with Crippen LogP contribution < -0.4 is 14.8 Å². The monoisotopic (exact) mass is 682 g/mol. The number of hydrogen-bond acceptors (Lipinski definition) is 8. The smallest absolute Gasteiger partial charge is 0.335 e. The van der Waals surface area contributed by atoms with Crippen LogP contribution >= 0.6 is 0 Å². The Bertz CT molecular complexity index is 2100. The maximum atomic E-state index is 13.4. The molecule has 0 aliphatic heterocycles. The first-order chi connectivity index (χ1) is 23.3. The second-order valence-corrected chi connectivity index (χ2v) is 15.3. The minimum absolute atomic E-state index is 0.0252. The molecular formula is C37H42N6O5S. The second-order valence-electron chi connectivity index (χ2n) is 13.6. The molecule has 3 heterocycles. The number of carboxylic acids is 1. The molecule has 0 saturated heterocycles. The van der Waals surface area contributed by atoms with Gasteiger partial charge >= 0.3 is 5.97 Å². The number of nitrogens with one attached hydrogen (secondary N) is 2. The van der Waals surface area contributed by atoms with Crippen LogP contribution in [0.2, 0.25) is 0 Å². The molecule has 0 bridgehead atoms. The zero-order valence-electron chi connectivity index (χ0n) is 28.4. The molecule has 3 aromatic heterocycles. The van der Waals surface area contributed by atoms with Crippen molar-refractivity contribution in [2.75, 3.05) is 11.3 Å². The van der Waals surface area contributed by atoms with Crippen LogP contribution in [0.15, 0.2) is 78.0 Å². The highest BCUT2D eigenvalue weighted by molar-refractivity contribution is 7.92. The molecule has 2 aromatic carbocycles. The molecule has 6 rings (SSSR count). The van der Waals surface area contributed by atoms with Crippen LogP contribution in [-0.2, 0) is 16.6 Å². The first-order valence-corrected chi connectivity index (χ1v) is 17.9. The fourth-order valence-corrected chi connectivity index (χ4v) is 7.14. The normalized spacial score (nSPS) is 14.6. The molecule has 5 aromatic rings. The predicted molar refractivity (Wildman–Crippen MR) is 189 cm³/mol. The van der Waals surface area contributed by atoms with Gasteiger partial charge in [0.25, 0.3) is 10.0 Å². The summed E-state index contributed by atoms with van der Waals surface area (Å²) in [6.07, 6.45) is 7.22. The number of sulfonamides is 1. The van der Waals surface area contributed by atoms with Gasteiger partial charge in [-0.2, -0.15) is 4.98 Å². The number of pyridine rings is 1. The lowest BCUT2D eigenvalue weighted by atomic mass is 9.99. The second kappa shape index (κ2) is 13.6. The van der Waals surface area contributed by atoms with E-state index < -0.39 is 16.0 Å². The fraction of sp³-hybridized carbons (Fsp3) is 0.351. The number of benzene rings is 2. The first-order valence-electron chi connectivity index (χ1n) is 16.4. The average molecular weight is 683 g/mol. The van der Waals surface area contributed by atoms with Crippen LogP contribution in [0.25, 0.3) is 22.2 Å². The number of aromatic carboxylic acids is 1. The summed E-state index contributed by atoms with van der Waals surface area (Å²) in [5, 5.41) is 14.2. The molecule has 1 atom stereocenters. The average Bonchev–Trinajstić information content (AvgIpc) is 3.62. The highest BCUT2D eigenvalue weighted by atomic mass is 32.2. The Hall–Kier alpha value is -4.81. The largest absolute Gasteiger partial charge is 0.478 e. The van der Waals surface area contributed by atoms with Crippen LogP contribution in [0.5, 0.6) is 5.88 Å². The van der Waals surface area contributed by atoms with Gasteiger partial charge in [0.1, 0.15) is 6.61 Å². The van der Waals surface area contributed by atoms with Crippen LogP contribution in [0.4, 0.5) is 5.95 Å². The summed E-state index contributed by atoms with van der Waals surface area (Å²) < 4.78 is 37.8. The van der Waals surface area contributed by atoms with Gasteiger partial charge in [-0.05, 0) is 93.8 Å². The maximum Gasteiger partial charge on any atom is 0.335 e. The zero-order valence-corrected chi connectivity index (χ0v) is 29.2. The van der Waals surface area contributed by atoms with Gasteiger partial charge in [-0.15, -0.1) is 0 Å². The van der Waals surface area contributed by atoms with Crippen molar-refractivity contribution in [1.29, 1.82) is 0 Å². The van der Waals surface area contributed by atoms with Crippen molar-refractivity contribution in [3.63, 3.8) is 0 Å². The lowest BCUT2D eigenvalue weighted by Crippen LogP contribution is -2.36. The predicted octanol–water partition coefficient (Wildman–Crippen LogP) is 6.92. The van der Waals surface area contributed by atoms with Crippen LogP contribution in [0.1, 0.15) is 73.3 Å². The Morgan fingerprint density at radius 2 is 1.78 bits per heavy atom. The van der Waals surface area contributed by atoms with Gasteiger partial charge in [0.05, 0.1) is 33.6 Å². The van der Waals surface area contributed by atoms with Gasteiger partial charge < -0.3 is 19.7 Å². The third-order valence-corrected chi connectivity index (χ3v) is 10.4. The highest BCUT2D eigenvalue weighted by Crippen LogP contribution is 2.49. The standard InChI is InChI=1S/C37H42N6O5S/c1-23(2)43-15-12-26-16-28(39-21-32(26)43)20-38-29(19-37(5)13-14-37)22-48-33-18-31(34-24(3)8-6-9-25(34)4)40-36(41-33)42-49(46,47)30-11-7-10-27(17-30)35(44)45/h6-12,15-18,21,23,29,38H,13-14,19-20,22H2,1-5H3,(H,44,45)(H,40,41,42). The summed E-state index contributed by atoms with van der Waals surface area (Å²) in [5.74, 6) is -1.20. The quantitative estimate of drug-likeness (QED) is 0.114. The minimum atomic E-state index is -4.23. The fourth-order valence-electron chi connectivity index (χ4n) is 6.15. The van der Waals surface area contributed by atoms with Gasteiger partial charge in [-0.25, -0.2) is 22.9 Å². The molecule has 0 radical (unpaired) electrons. The summed E-state index contributed by atoms with van der Waals surface area (Å²) in [5.41, 5.74) is 5.38. The third kappa shape index (κ3) is 7.92. The Balaban J connectivity index is 1.26. The molecule has 12 heteroatoms. The van der Waals surface area contributed by atoms with E-state index in [1.165, 1.54) is 18.2 Å². The van der Waals surface area contributed by atoms with Crippen LogP contribution in [-0.4, -0.2) is 51.7 Å². The molecule has 0 amide bonds. The zero-order chi connectivity index (χ0) is 34.9. The van der Waals surface area contributed by atoms with Crippen LogP contribution in [0.3, 0.4) is 0 Å². The number of ether oxygens (including phenoxy) is 1. The Morgan fingerprint density at radius 3 is 2.47 bits per heavy atom. The van der Waals surface area contributed by atoms with E-state index in [1.807, 2.05) is 38.2 Å². The summed E-state index contributed by atoms with van der Waals surface area (Å²) in [6.45, 7) is 11.4. The van der Waals surface area contributed by atoms with Crippen molar-refractivity contribution in [2.45, 2.75) is 77.4 Å². The number of aromatic nitrogens is 4. The number of fused-ring (bicyclic) bond motifs is 1. The summed E-state index contributed by atoms with van der Waals surface area (Å²) >= 11 is 0. The molecular weight excluding hydrogens is 641 g/mol. The van der Waals surface area contributed by atoms with E-state index in [-0.39, 0.29) is 40.4 Å². The van der Waals surface area contributed by atoms with E-state index in [0.29, 0.717) is 18.3 Å². The number of carboxylic acid groups (broad SMARTS) is 1. The molecule has 3 N–H and O–H groups in total. The van der Waals surface area contributed by atoms with E-state index >= 15 is 0 Å². The molecule has 1 saturated carbocycles. The maximum absolute atomic E-state index is 13.4. The van der Waals surface area contributed by atoms with Crippen molar-refractivity contribution in [1.82, 2.24) is 24.8 Å². The number of hydrogen-bond donors (Lipinski definition) is 3. The molecule has 11 nitrogen and oxygen atoms in total. The number of anilines is 1. The first kappa shape index (κ1) is 34.1. The summed E-state index contributed by atoms with van der Waals surface area (Å²) in [7, 11) is -4.23. The number of nitrogens with zero attached hydrogens (tertiary/aromatic N) is 4. The van der Waals surface area contributed by atoms with Gasteiger partial charge in [-0.1, -0.05) is 31.2 Å². The lowest BCUT2D eigenvalue weighted by Gasteiger charge is -2.22. The minimum Gasteiger partial charge on any atom is -0.478 e. The number of carbonyl (C=O) groups is 1. The molecule has 0 spiro atoms. The Morgan fingerprint density at radius 1 is 1.04 bits per heavy atom. The third-order valence-electron chi connectivity index (χ3n) is 9.12. The highest BCUT2D eigenvalue weighted by Gasteiger charge is 2.39. The number of aryl methyl sites for hydroxylation is 2. The van der Waals surface area contributed by atoms with Gasteiger partial charge in [0.2, 0.25) is 11.8 Å². The van der Waals surface area contributed by atoms with Gasteiger partial charge in [-0.3, -0.25) is 4.98 Å². The lowest BCUT2D eigenvalue weighted by molar-refractivity contribution is 0.0696. The topological polar surface area (TPSA) is 148 Å². The van der Waals surface area contributed by atoms with E-state index in [2.05, 4.69) is 63.7 Å². The SMILES string of the molecule is Cc1cccc(C)c1-c1cc(OCC(CC2(C)CC2)NCc2cc3ccn(C(C)C)c3cn2)nc(NS(=O)(=O)c2cccc(C(=O)O)c2)n1. The van der Waals surface area contributed by atoms with Crippen molar-refractivity contribution < 1.29 is 23.1 Å². The molecule has 1 aliphatic carbocycles. The van der Waals surface area contributed by atoms with Crippen molar-refractivity contribution in [3.8, 4) is 17.1 Å². The van der Waals surface area contributed by atoms with E-state index in [9.17, 15) is 18.3 Å². The molecule has 1 aliphatic rings. The van der Waals surface area contributed by atoms with Crippen LogP contribution in [0, 0.1) is 19.3 Å². The Labute approximate surface area is 286 Å². The Kier molecular flexibility index (Phi) is 9.45. The van der Waals surface area contributed by atoms with Gasteiger partial charge in [0, 0.05) is 41.8 Å². The molecule has 49 heavy (non-hydrogen) atoms. The molecule has 256 valence electrons. The van der Waals surface area contributed by atoms with E-state index in [0.717, 1.165) is 58.6 Å². The van der Waals surface area contributed by atoms with Gasteiger partial charge in [0.15, 0.2) is 0 Å². The van der Waals surface area contributed by atoms with Crippen molar-refractivity contribution in [3.05, 3.63) is 95.4 Å².